The Morgan fingerprint density at radius 3 is 1.27 bits per heavy atom. The Kier molecular flexibility index (Phi) is 22.0. The fourth-order valence-electron chi connectivity index (χ4n) is 6.21. The van der Waals surface area contributed by atoms with Gasteiger partial charge in [0.1, 0.15) is 0 Å². The molecule has 2 aliphatic heterocycles. The molecule has 7 nitrogen and oxygen atoms in total. The zero-order valence-electron chi connectivity index (χ0n) is 30.9. The Bertz CT molecular complexity index is 1030. The zero-order chi connectivity index (χ0) is 37.1. The molecule has 10 atom stereocenters. The average molecular weight is 787 g/mol. The Balaban J connectivity index is -0.000000673. The smallest absolute Gasteiger partial charge is 0.335 e. The topological polar surface area (TPSA) is 107 Å². The lowest BCUT2D eigenvalue weighted by atomic mass is 9.75. The number of hydrogen-bond donors (Lipinski definition) is 1. The van der Waals surface area contributed by atoms with Crippen molar-refractivity contribution in [3.05, 3.63) is 71.8 Å². The minimum Gasteiger partial charge on any atom is -0.394 e. The largest absolute Gasteiger partial charge is 0.394 e. The van der Waals surface area contributed by atoms with Crippen LogP contribution in [0.25, 0.3) is 0 Å². The van der Waals surface area contributed by atoms with Gasteiger partial charge < -0.3 is 14.6 Å². The van der Waals surface area contributed by atoms with Crippen LogP contribution in [0.15, 0.2) is 60.7 Å². The number of aryl methyl sites for hydroxylation is 2. The highest BCUT2D eigenvalue weighted by Crippen LogP contribution is 2.38. The highest BCUT2D eigenvalue weighted by molar-refractivity contribution is 14.1. The van der Waals surface area contributed by atoms with Gasteiger partial charge in [-0.2, -0.15) is 16.8 Å². The Labute approximate surface area is 299 Å². The number of ether oxygens (including phenoxy) is 2. The molecular formula is C35H59IO7S2. The summed E-state index contributed by atoms with van der Waals surface area (Å²) in [5.41, 5.74) is 2.79. The summed E-state index contributed by atoms with van der Waals surface area (Å²) in [6.45, 7) is 14.0. The Morgan fingerprint density at radius 2 is 0.933 bits per heavy atom. The fourth-order valence-corrected chi connectivity index (χ4v) is 7.22. The summed E-state index contributed by atoms with van der Waals surface area (Å²) in [7, 11) is 0. The van der Waals surface area contributed by atoms with Crippen LogP contribution in [0.3, 0.4) is 0 Å². The molecule has 0 amide bonds. The molecule has 2 aromatic carbocycles. The average Bonchev–Trinajstić information content (AvgIpc) is 3.12. The summed E-state index contributed by atoms with van der Waals surface area (Å²) in [6.07, 6.45) is 5.50. The highest BCUT2D eigenvalue weighted by Gasteiger charge is 2.39. The first-order chi connectivity index (χ1) is 23.1. The predicted octanol–water partition coefficient (Wildman–Crippen LogP) is 7.80. The molecule has 45 heavy (non-hydrogen) atoms. The molecule has 0 spiro atoms. The minimum atomic E-state index is -0.750. The normalized spacial score (nSPS) is 30.7. The van der Waals surface area contributed by atoms with Gasteiger partial charge in [-0.05, 0) is 72.3 Å². The van der Waals surface area contributed by atoms with E-state index in [1.54, 1.807) is 0 Å². The molecule has 1 N–H and O–H groups in total. The summed E-state index contributed by atoms with van der Waals surface area (Å²) >= 11 is 0.964. The van der Waals surface area contributed by atoms with Crippen molar-refractivity contribution in [2.45, 2.75) is 99.1 Å². The van der Waals surface area contributed by atoms with Crippen molar-refractivity contribution in [1.82, 2.24) is 0 Å². The number of halogens is 1. The molecule has 0 radical (unpaired) electrons. The van der Waals surface area contributed by atoms with Crippen LogP contribution < -0.4 is 0 Å². The first-order valence-corrected chi connectivity index (χ1v) is 18.3. The molecular weight excluding hydrogens is 723 g/mol. The highest BCUT2D eigenvalue weighted by atomic mass is 127. The number of benzene rings is 2. The Hall–Kier alpha value is -1.31. The summed E-state index contributed by atoms with van der Waals surface area (Å²) < 4.78 is 66.7. The monoisotopic (exact) mass is 786 g/mol. The van der Waals surface area contributed by atoms with Crippen LogP contribution in [0.4, 0.5) is 0 Å². The predicted molar refractivity (Wildman–Crippen MR) is 197 cm³/mol. The van der Waals surface area contributed by atoms with Gasteiger partial charge in [0.05, 0.1) is 31.0 Å². The van der Waals surface area contributed by atoms with E-state index in [2.05, 4.69) is 125 Å². The summed E-state index contributed by atoms with van der Waals surface area (Å²) in [5, 5.41) is 9.44. The van der Waals surface area contributed by atoms with Gasteiger partial charge in [0.15, 0.2) is 0 Å². The van der Waals surface area contributed by atoms with Crippen LogP contribution in [-0.2, 0) is 45.5 Å². The van der Waals surface area contributed by atoms with Gasteiger partial charge >= 0.3 is 23.1 Å². The van der Waals surface area contributed by atoms with Gasteiger partial charge in [0.2, 0.25) is 0 Å². The van der Waals surface area contributed by atoms with Crippen LogP contribution in [-0.4, -0.2) is 57.4 Å². The molecule has 0 bridgehead atoms. The maximum atomic E-state index is 9.44. The maximum Gasteiger partial charge on any atom is 0.335 e. The van der Waals surface area contributed by atoms with Gasteiger partial charge in [-0.25, -0.2) is 0 Å². The second-order valence-corrected chi connectivity index (χ2v) is 13.3. The van der Waals surface area contributed by atoms with E-state index < -0.39 is 23.1 Å². The number of hydrogen-bond acceptors (Lipinski definition) is 7. The Morgan fingerprint density at radius 1 is 0.622 bits per heavy atom. The number of alkyl halides is 1. The van der Waals surface area contributed by atoms with Crippen molar-refractivity contribution in [1.29, 1.82) is 0 Å². The van der Waals surface area contributed by atoms with E-state index in [-0.39, 0.29) is 26.2 Å². The maximum absolute atomic E-state index is 9.44. The van der Waals surface area contributed by atoms with Crippen LogP contribution in [0.2, 0.25) is 0 Å². The molecule has 2 aliphatic rings. The van der Waals surface area contributed by atoms with Crippen molar-refractivity contribution in [3.8, 4) is 0 Å². The number of aliphatic hydroxyl groups is 1. The molecule has 2 aromatic rings. The SMILES string of the molecule is C.C[C@H]1[C@@H](C)[C@@H](CI)O[C@@H](CCc2ccccc2)[C@H]1C.C[C@H]1[C@@H](C)[C@@H](CO)O[C@@H](CCc2ccccc2)[C@H]1C.O=S=O.O=S=O.[2H][2H].[2H][2H]. The summed E-state index contributed by atoms with van der Waals surface area (Å²) in [6, 6.07) is 21.3. The third-order valence-corrected chi connectivity index (χ3v) is 10.7. The quantitative estimate of drug-likeness (QED) is 0.215. The van der Waals surface area contributed by atoms with Gasteiger partial charge in [-0.1, -0.05) is 132 Å². The summed E-state index contributed by atoms with van der Waals surface area (Å²) in [5.74, 6) is 3.70. The molecule has 0 aromatic heterocycles. The zero-order valence-corrected chi connectivity index (χ0v) is 30.7. The molecule has 2 saturated heterocycles. The van der Waals surface area contributed by atoms with Gasteiger partial charge in [-0.15, -0.1) is 0 Å². The van der Waals surface area contributed by atoms with Crippen LogP contribution in [0.5, 0.6) is 0 Å². The third-order valence-electron chi connectivity index (χ3n) is 9.82. The molecule has 0 saturated carbocycles. The molecule has 0 unspecified atom stereocenters. The molecule has 2 fully saturated rings. The fraction of sp³-hybridized carbons (Fsp3) is 0.657. The van der Waals surface area contributed by atoms with E-state index in [1.807, 2.05) is 0 Å². The van der Waals surface area contributed by atoms with E-state index in [0.717, 1.165) is 36.0 Å². The lowest BCUT2D eigenvalue weighted by Crippen LogP contribution is -2.46. The third kappa shape index (κ3) is 15.0. The van der Waals surface area contributed by atoms with Gasteiger partial charge in [-0.3, -0.25) is 0 Å². The number of aliphatic hydroxyl groups excluding tert-OH is 1. The van der Waals surface area contributed by atoms with Crippen LogP contribution >= 0.6 is 22.6 Å². The van der Waals surface area contributed by atoms with Crippen molar-refractivity contribution in [2.75, 3.05) is 11.0 Å². The van der Waals surface area contributed by atoms with Crippen molar-refractivity contribution >= 4 is 45.7 Å². The van der Waals surface area contributed by atoms with E-state index in [0.29, 0.717) is 41.8 Å². The van der Waals surface area contributed by atoms with Crippen LogP contribution in [0, 0.1) is 35.5 Å². The molecule has 2 heterocycles. The first-order valence-electron chi connectivity index (χ1n) is 17.5. The van der Waals surface area contributed by atoms with E-state index >= 15 is 0 Å². The lowest BCUT2D eigenvalue weighted by Gasteiger charge is -2.43. The second-order valence-electron chi connectivity index (χ2n) is 12.1. The van der Waals surface area contributed by atoms with E-state index in [4.69, 9.17) is 32.2 Å². The van der Waals surface area contributed by atoms with Crippen molar-refractivity contribution < 1.29 is 37.4 Å². The van der Waals surface area contributed by atoms with Crippen LogP contribution in [0.1, 0.15) is 78.9 Å². The van der Waals surface area contributed by atoms with Crippen molar-refractivity contribution in [2.24, 2.45) is 35.5 Å². The van der Waals surface area contributed by atoms with Gasteiger partial charge in [0, 0.05) is 10.4 Å². The lowest BCUT2D eigenvalue weighted by molar-refractivity contribution is -0.149. The standard InChI is InChI=1S/C17H25IO.C17H26O2.CH4.2O2S.2H2/c2*1-12-13(2)16(19-17(11-18)14(12)3)10-9-15-7-5-4-6-8-15;;2*1-3-2;;/h4-8,12-14,16-17H,9-11H2,1-3H3;4-8,12-14,16-18H,9-11H2,1-3H3;1H4;;;2*1H/t2*12-,13+,14-,16+,17-;;;;;/m11...../s1/i;;;;;2*1+1D. The number of rotatable bonds is 8. The molecule has 4 rings (SSSR count). The first kappa shape index (κ1) is 39.9. The molecule has 0 aliphatic carbocycles. The molecule has 10 heteroatoms. The van der Waals surface area contributed by atoms with E-state index in [9.17, 15) is 5.11 Å². The van der Waals surface area contributed by atoms with Crippen molar-refractivity contribution in [3.63, 3.8) is 0 Å². The molecule has 260 valence electrons. The summed E-state index contributed by atoms with van der Waals surface area (Å²) in [4.78, 5) is 0. The van der Waals surface area contributed by atoms with E-state index in [1.165, 1.54) is 11.1 Å². The van der Waals surface area contributed by atoms with Gasteiger partial charge in [0.25, 0.3) is 0 Å². The minimum absolute atomic E-state index is 0. The second kappa shape index (κ2) is 24.8.